The van der Waals surface area contributed by atoms with Crippen molar-refractivity contribution in [1.29, 1.82) is 0 Å². The molecule has 0 unspecified atom stereocenters. The van der Waals surface area contributed by atoms with Gasteiger partial charge in [-0.15, -0.1) is 0 Å². The molecule has 0 amide bonds. The zero-order chi connectivity index (χ0) is 13.1. The summed E-state index contributed by atoms with van der Waals surface area (Å²) < 4.78 is 17.4. The number of fused-ring (bicyclic) bond motifs is 1. The number of nitrogens with zero attached hydrogens (tertiary/aromatic N) is 1. The molecule has 0 radical (unpaired) electrons. The first-order chi connectivity index (χ1) is 9.38. The summed E-state index contributed by atoms with van der Waals surface area (Å²) in [5.74, 6) is 0.803. The van der Waals surface area contributed by atoms with Gasteiger partial charge in [-0.1, -0.05) is 0 Å². The third-order valence-electron chi connectivity index (χ3n) is 4.80. The molecule has 0 N–H and O–H groups in total. The summed E-state index contributed by atoms with van der Waals surface area (Å²) in [7, 11) is 0. The molecule has 19 heavy (non-hydrogen) atoms. The molecule has 110 valence electrons. The molecule has 3 rings (SSSR count). The van der Waals surface area contributed by atoms with Crippen molar-refractivity contribution < 1.29 is 14.2 Å². The van der Waals surface area contributed by atoms with Gasteiger partial charge in [-0.25, -0.2) is 0 Å². The van der Waals surface area contributed by atoms with Crippen LogP contribution >= 0.6 is 0 Å². The van der Waals surface area contributed by atoms with Crippen LogP contribution in [0.5, 0.6) is 0 Å². The lowest BCUT2D eigenvalue weighted by Crippen LogP contribution is -2.43. The SMILES string of the molecule is CCO[C@@H]1CN(CC2CCOCC2)[C@H]2CCCO[C@@H]12. The van der Waals surface area contributed by atoms with E-state index < -0.39 is 0 Å². The Morgan fingerprint density at radius 2 is 2.00 bits per heavy atom. The minimum absolute atomic E-state index is 0.287. The molecule has 0 aromatic rings. The fourth-order valence-corrected chi connectivity index (χ4v) is 3.84. The van der Waals surface area contributed by atoms with E-state index in [1.54, 1.807) is 0 Å². The molecule has 4 heteroatoms. The molecule has 3 heterocycles. The largest absolute Gasteiger partial charge is 0.381 e. The van der Waals surface area contributed by atoms with Crippen molar-refractivity contribution in [2.45, 2.75) is 50.9 Å². The third kappa shape index (κ3) is 3.13. The van der Waals surface area contributed by atoms with Crippen LogP contribution in [0.15, 0.2) is 0 Å². The van der Waals surface area contributed by atoms with Gasteiger partial charge in [-0.3, -0.25) is 4.90 Å². The van der Waals surface area contributed by atoms with Crippen LogP contribution in [0.2, 0.25) is 0 Å². The maximum absolute atomic E-state index is 6.00. The lowest BCUT2D eigenvalue weighted by Gasteiger charge is -2.34. The van der Waals surface area contributed by atoms with Gasteiger partial charge in [-0.2, -0.15) is 0 Å². The van der Waals surface area contributed by atoms with Crippen LogP contribution in [0.1, 0.15) is 32.6 Å². The van der Waals surface area contributed by atoms with E-state index in [-0.39, 0.29) is 6.10 Å². The molecule has 3 atom stereocenters. The van der Waals surface area contributed by atoms with E-state index in [2.05, 4.69) is 11.8 Å². The summed E-state index contributed by atoms with van der Waals surface area (Å²) in [5.41, 5.74) is 0. The molecule has 0 aromatic carbocycles. The van der Waals surface area contributed by atoms with Crippen molar-refractivity contribution in [1.82, 2.24) is 4.90 Å². The smallest absolute Gasteiger partial charge is 0.100 e. The molecule has 0 aromatic heterocycles. The molecular weight excluding hydrogens is 242 g/mol. The van der Waals surface area contributed by atoms with Gasteiger partial charge >= 0.3 is 0 Å². The summed E-state index contributed by atoms with van der Waals surface area (Å²) in [5, 5.41) is 0. The fourth-order valence-electron chi connectivity index (χ4n) is 3.84. The normalized spacial score (nSPS) is 37.4. The Morgan fingerprint density at radius 3 is 2.79 bits per heavy atom. The van der Waals surface area contributed by atoms with Gasteiger partial charge in [0.1, 0.15) is 6.10 Å². The summed E-state index contributed by atoms with van der Waals surface area (Å²) in [6, 6.07) is 0.591. The first-order valence-corrected chi connectivity index (χ1v) is 7.93. The highest BCUT2D eigenvalue weighted by molar-refractivity contribution is 4.97. The number of hydrogen-bond donors (Lipinski definition) is 0. The second-order valence-electron chi connectivity index (χ2n) is 6.05. The van der Waals surface area contributed by atoms with Crippen LogP contribution in [0.4, 0.5) is 0 Å². The molecule has 0 bridgehead atoms. The maximum atomic E-state index is 6.00. The number of likely N-dealkylation sites (tertiary alicyclic amines) is 1. The standard InChI is InChI=1S/C15H27NO3/c1-2-18-14-11-16(10-12-5-8-17-9-6-12)13-4-3-7-19-15(13)14/h12-15H,2-11H2,1H3/t13-,14+,15+/m0/s1. The van der Waals surface area contributed by atoms with E-state index in [0.29, 0.717) is 12.1 Å². The second-order valence-corrected chi connectivity index (χ2v) is 6.05. The van der Waals surface area contributed by atoms with E-state index in [4.69, 9.17) is 14.2 Å². The molecular formula is C15H27NO3. The van der Waals surface area contributed by atoms with Crippen LogP contribution in [0, 0.1) is 5.92 Å². The van der Waals surface area contributed by atoms with Gasteiger partial charge in [0.05, 0.1) is 6.10 Å². The Morgan fingerprint density at radius 1 is 1.16 bits per heavy atom. The van der Waals surface area contributed by atoms with Gasteiger partial charge in [0.15, 0.2) is 0 Å². The Balaban J connectivity index is 1.60. The van der Waals surface area contributed by atoms with Crippen LogP contribution in [0.25, 0.3) is 0 Å². The van der Waals surface area contributed by atoms with Crippen molar-refractivity contribution in [3.63, 3.8) is 0 Å². The maximum Gasteiger partial charge on any atom is 0.100 e. The summed E-state index contributed by atoms with van der Waals surface area (Å²) >= 11 is 0. The highest BCUT2D eigenvalue weighted by Gasteiger charge is 2.44. The third-order valence-corrected chi connectivity index (χ3v) is 4.80. The Hall–Kier alpha value is -0.160. The molecule has 4 nitrogen and oxygen atoms in total. The van der Waals surface area contributed by atoms with Crippen molar-refractivity contribution in [2.24, 2.45) is 5.92 Å². The topological polar surface area (TPSA) is 30.9 Å². The molecule has 3 aliphatic heterocycles. The fraction of sp³-hybridized carbons (Fsp3) is 1.00. The van der Waals surface area contributed by atoms with Crippen LogP contribution < -0.4 is 0 Å². The van der Waals surface area contributed by atoms with E-state index >= 15 is 0 Å². The first-order valence-electron chi connectivity index (χ1n) is 7.93. The Kier molecular flexibility index (Phi) is 4.74. The predicted molar refractivity (Wildman–Crippen MR) is 73.3 cm³/mol. The average Bonchev–Trinajstić information content (AvgIpc) is 2.79. The van der Waals surface area contributed by atoms with Crippen LogP contribution in [-0.4, -0.2) is 62.7 Å². The summed E-state index contributed by atoms with van der Waals surface area (Å²) in [6.07, 6.45) is 5.51. The monoisotopic (exact) mass is 269 g/mol. The molecule has 0 aliphatic carbocycles. The average molecular weight is 269 g/mol. The highest BCUT2D eigenvalue weighted by Crippen LogP contribution is 2.32. The lowest BCUT2D eigenvalue weighted by molar-refractivity contribution is -0.0754. The van der Waals surface area contributed by atoms with E-state index in [0.717, 1.165) is 38.9 Å². The number of rotatable bonds is 4. The minimum atomic E-state index is 0.287. The van der Waals surface area contributed by atoms with Gasteiger partial charge in [-0.05, 0) is 38.5 Å². The van der Waals surface area contributed by atoms with E-state index in [1.807, 2.05) is 0 Å². The van der Waals surface area contributed by atoms with Crippen LogP contribution in [0.3, 0.4) is 0 Å². The summed E-state index contributed by atoms with van der Waals surface area (Å²) in [6.45, 7) is 7.94. The molecule has 0 saturated carbocycles. The quantitative estimate of drug-likeness (QED) is 0.777. The van der Waals surface area contributed by atoms with Gasteiger partial charge < -0.3 is 14.2 Å². The van der Waals surface area contributed by atoms with Gasteiger partial charge in [0.25, 0.3) is 0 Å². The molecule has 0 spiro atoms. The van der Waals surface area contributed by atoms with Crippen molar-refractivity contribution >= 4 is 0 Å². The van der Waals surface area contributed by atoms with Crippen LogP contribution in [-0.2, 0) is 14.2 Å². The lowest BCUT2D eigenvalue weighted by atomic mass is 9.97. The Labute approximate surface area is 116 Å². The number of hydrogen-bond acceptors (Lipinski definition) is 4. The van der Waals surface area contributed by atoms with E-state index in [1.165, 1.54) is 32.2 Å². The predicted octanol–water partition coefficient (Wildman–Crippen LogP) is 1.68. The van der Waals surface area contributed by atoms with Crippen molar-refractivity contribution in [3.8, 4) is 0 Å². The number of ether oxygens (including phenoxy) is 3. The minimum Gasteiger partial charge on any atom is -0.381 e. The van der Waals surface area contributed by atoms with E-state index in [9.17, 15) is 0 Å². The second kappa shape index (κ2) is 6.53. The van der Waals surface area contributed by atoms with Gasteiger partial charge in [0.2, 0.25) is 0 Å². The van der Waals surface area contributed by atoms with Crippen molar-refractivity contribution in [3.05, 3.63) is 0 Å². The summed E-state index contributed by atoms with van der Waals surface area (Å²) in [4.78, 5) is 2.64. The zero-order valence-electron chi connectivity index (χ0n) is 12.1. The molecule has 3 fully saturated rings. The molecule has 3 saturated heterocycles. The zero-order valence-corrected chi connectivity index (χ0v) is 12.1. The van der Waals surface area contributed by atoms with Crippen molar-refractivity contribution in [2.75, 3.05) is 39.5 Å². The first kappa shape index (κ1) is 13.8. The Bertz CT molecular complexity index is 281. The highest BCUT2D eigenvalue weighted by atomic mass is 16.5. The van der Waals surface area contributed by atoms with Gasteiger partial charge in [0, 0.05) is 45.6 Å². The molecule has 3 aliphatic rings.